The normalized spacial score (nSPS) is 0. The predicted octanol–water partition coefficient (Wildman–Crippen LogP) is -8.99. The summed E-state index contributed by atoms with van der Waals surface area (Å²) in [6.07, 6.45) is 0. The largest absolute Gasteiger partial charge is 3.00 e. The van der Waals surface area contributed by atoms with Crippen molar-refractivity contribution in [3.63, 3.8) is 0 Å². The molecule has 0 aliphatic rings. The first-order valence-electron chi connectivity index (χ1n) is 0. The van der Waals surface area contributed by atoms with Gasteiger partial charge in [-0.1, -0.05) is 0 Å². The molecule has 0 saturated carbocycles. The molecular weight excluding hydrogens is 286 g/mol. The van der Waals surface area contributed by atoms with E-state index in [2.05, 4.69) is 0 Å². The minimum absolute atomic E-state index is 0. The first kappa shape index (κ1) is 34.3. The molecule has 0 aromatic carbocycles. The number of hydrogen-bond donors (Lipinski definition) is 0. The molecule has 22 valence electrons. The summed E-state index contributed by atoms with van der Waals surface area (Å²) in [5.74, 6) is 0. The van der Waals surface area contributed by atoms with Crippen molar-refractivity contribution in [2.24, 2.45) is 0 Å². The Morgan fingerprint density at radius 1 is 0.750 bits per heavy atom. The van der Waals surface area contributed by atoms with Gasteiger partial charge in [0.15, 0.2) is 0 Å². The maximum absolute atomic E-state index is 0. The molecule has 0 spiro atoms. The molecule has 0 rings (SSSR count). The van der Waals surface area contributed by atoms with E-state index >= 15 is 0 Å². The summed E-state index contributed by atoms with van der Waals surface area (Å²) < 4.78 is 0. The Labute approximate surface area is 73.6 Å². The zero-order valence-corrected chi connectivity index (χ0v) is 8.00. The fraction of sp³-hybridized carbons (Fsp3) is 0. The third-order valence-corrected chi connectivity index (χ3v) is 0. The molecule has 0 unspecified atom stereocenters. The molecule has 4 heavy (non-hydrogen) atoms. The van der Waals surface area contributed by atoms with Crippen molar-refractivity contribution < 1.29 is 74.5 Å². The van der Waals surface area contributed by atoms with Gasteiger partial charge in [0, 0.05) is 0 Å². The molecule has 0 N–H and O–H groups in total. The van der Waals surface area contributed by atoms with E-state index in [0.29, 0.717) is 0 Å². The van der Waals surface area contributed by atoms with Crippen molar-refractivity contribution in [3.05, 3.63) is 0 Å². The van der Waals surface area contributed by atoms with Crippen LogP contribution in [0.4, 0.5) is 0 Å². The topological polar surface area (TPSA) is 0 Å². The number of rotatable bonds is 0. The zero-order chi connectivity index (χ0) is 0. The summed E-state index contributed by atoms with van der Waals surface area (Å²) in [5.41, 5.74) is 0. The van der Waals surface area contributed by atoms with E-state index in [0.717, 1.165) is 0 Å². The Bertz CT molecular complexity index is 6.00. The van der Waals surface area contributed by atoms with E-state index < -0.39 is 0 Å². The molecular formula is Cl2IrNa+2. The van der Waals surface area contributed by atoms with Crippen LogP contribution in [0.2, 0.25) is 0 Å². The standard InChI is InChI=1S/2ClH.Ir.Na/h2*1H;;/q;;+3;+1/p-2. The van der Waals surface area contributed by atoms with Crippen LogP contribution in [-0.2, 0) is 20.1 Å². The third-order valence-electron chi connectivity index (χ3n) is 0. The molecule has 4 heteroatoms. The second-order valence-corrected chi connectivity index (χ2v) is 0. The molecule has 0 radical (unpaired) electrons. The van der Waals surface area contributed by atoms with Crippen molar-refractivity contribution >= 4 is 0 Å². The van der Waals surface area contributed by atoms with Gasteiger partial charge in [-0.15, -0.1) is 0 Å². The summed E-state index contributed by atoms with van der Waals surface area (Å²) in [4.78, 5) is 0. The van der Waals surface area contributed by atoms with Gasteiger partial charge >= 0.3 is 49.7 Å². The Balaban J connectivity index is 0. The summed E-state index contributed by atoms with van der Waals surface area (Å²) in [7, 11) is 0. The van der Waals surface area contributed by atoms with Crippen LogP contribution >= 0.6 is 0 Å². The van der Waals surface area contributed by atoms with Crippen LogP contribution in [0.5, 0.6) is 0 Å². The molecule has 0 amide bonds. The minimum atomic E-state index is 0. The van der Waals surface area contributed by atoms with Gasteiger partial charge in [0.2, 0.25) is 0 Å². The van der Waals surface area contributed by atoms with Crippen molar-refractivity contribution in [1.29, 1.82) is 0 Å². The average Bonchev–Trinajstić information content (AvgIpc) is 0. The maximum Gasteiger partial charge on any atom is 3.00 e. The van der Waals surface area contributed by atoms with Crippen molar-refractivity contribution in [2.75, 3.05) is 0 Å². The Hall–Kier alpha value is 2.23. The van der Waals surface area contributed by atoms with Crippen molar-refractivity contribution in [1.82, 2.24) is 0 Å². The molecule has 0 nitrogen and oxygen atoms in total. The van der Waals surface area contributed by atoms with Gasteiger partial charge in [0.25, 0.3) is 0 Å². The van der Waals surface area contributed by atoms with Gasteiger partial charge in [-0.3, -0.25) is 0 Å². The molecule has 0 aromatic rings. The van der Waals surface area contributed by atoms with Crippen LogP contribution in [0.15, 0.2) is 0 Å². The Kier molecular flexibility index (Phi) is 161. The van der Waals surface area contributed by atoms with Gasteiger partial charge in [0.1, 0.15) is 0 Å². The molecule has 0 fully saturated rings. The van der Waals surface area contributed by atoms with Crippen LogP contribution in [-0.4, -0.2) is 0 Å². The average molecular weight is 286 g/mol. The molecule has 0 aromatic heterocycles. The van der Waals surface area contributed by atoms with Crippen LogP contribution < -0.4 is 54.4 Å². The fourth-order valence-corrected chi connectivity index (χ4v) is 0. The molecule has 0 bridgehead atoms. The number of halogens is 2. The van der Waals surface area contributed by atoms with Crippen LogP contribution in [0.1, 0.15) is 0 Å². The predicted molar refractivity (Wildman–Crippen MR) is 0 cm³/mol. The van der Waals surface area contributed by atoms with E-state index in [-0.39, 0.29) is 74.5 Å². The Morgan fingerprint density at radius 3 is 0.750 bits per heavy atom. The Morgan fingerprint density at radius 2 is 0.750 bits per heavy atom. The second kappa shape index (κ2) is 18.8. The molecule has 0 atom stereocenters. The smallest absolute Gasteiger partial charge is 1.00 e. The number of hydrogen-bond acceptors (Lipinski definition) is 0. The fourth-order valence-electron chi connectivity index (χ4n) is 0. The van der Waals surface area contributed by atoms with Gasteiger partial charge in [-0.05, 0) is 0 Å². The summed E-state index contributed by atoms with van der Waals surface area (Å²) in [5, 5.41) is 0. The quantitative estimate of drug-likeness (QED) is 0.388. The van der Waals surface area contributed by atoms with Crippen molar-refractivity contribution in [3.8, 4) is 0 Å². The second-order valence-electron chi connectivity index (χ2n) is 0. The third kappa shape index (κ3) is 8.87. The van der Waals surface area contributed by atoms with Crippen LogP contribution in [0, 0.1) is 0 Å². The first-order valence-corrected chi connectivity index (χ1v) is 0. The SMILES string of the molecule is [Cl-].[Cl-].[Ir+3].[Na+]. The molecule has 0 saturated heterocycles. The van der Waals surface area contributed by atoms with Gasteiger partial charge in [-0.25, -0.2) is 0 Å². The first-order chi connectivity index (χ1) is 0. The van der Waals surface area contributed by atoms with Crippen LogP contribution in [0.3, 0.4) is 0 Å². The van der Waals surface area contributed by atoms with Gasteiger partial charge in [0.05, 0.1) is 0 Å². The summed E-state index contributed by atoms with van der Waals surface area (Å²) in [6.45, 7) is 0. The monoisotopic (exact) mass is 286 g/mol. The van der Waals surface area contributed by atoms with E-state index in [1.807, 2.05) is 0 Å². The van der Waals surface area contributed by atoms with E-state index in [1.165, 1.54) is 0 Å². The minimum Gasteiger partial charge on any atom is -1.00 e. The molecule has 0 aliphatic carbocycles. The summed E-state index contributed by atoms with van der Waals surface area (Å²) in [6, 6.07) is 0. The van der Waals surface area contributed by atoms with Gasteiger partial charge in [-0.2, -0.15) is 0 Å². The van der Waals surface area contributed by atoms with E-state index in [1.54, 1.807) is 0 Å². The molecule has 0 aliphatic heterocycles. The molecule has 0 heterocycles. The van der Waals surface area contributed by atoms with Gasteiger partial charge < -0.3 is 24.8 Å². The van der Waals surface area contributed by atoms with E-state index in [9.17, 15) is 0 Å². The van der Waals surface area contributed by atoms with Crippen molar-refractivity contribution in [2.45, 2.75) is 0 Å². The maximum atomic E-state index is 0. The van der Waals surface area contributed by atoms with E-state index in [4.69, 9.17) is 0 Å². The summed E-state index contributed by atoms with van der Waals surface area (Å²) >= 11 is 0. The van der Waals surface area contributed by atoms with Crippen LogP contribution in [0.25, 0.3) is 0 Å². The zero-order valence-electron chi connectivity index (χ0n) is 2.09.